The predicted octanol–water partition coefficient (Wildman–Crippen LogP) is 1.85. The SMILES string of the molecule is COc1ccc(F)c(OC)c1OC. The molecule has 0 aliphatic rings. The molecule has 0 N–H and O–H groups in total. The third-order valence-electron chi connectivity index (χ3n) is 1.66. The Bertz CT molecular complexity index is 299. The van der Waals surface area contributed by atoms with E-state index in [9.17, 15) is 4.39 Å². The first kappa shape index (κ1) is 9.64. The van der Waals surface area contributed by atoms with Crippen molar-refractivity contribution in [3.63, 3.8) is 0 Å². The van der Waals surface area contributed by atoms with Gasteiger partial charge in [0.1, 0.15) is 0 Å². The number of hydrogen-bond acceptors (Lipinski definition) is 3. The fraction of sp³-hybridized carbons (Fsp3) is 0.333. The van der Waals surface area contributed by atoms with E-state index in [-0.39, 0.29) is 11.5 Å². The predicted molar refractivity (Wildman–Crippen MR) is 46.1 cm³/mol. The van der Waals surface area contributed by atoms with Crippen LogP contribution >= 0.6 is 0 Å². The lowest BCUT2D eigenvalue weighted by Gasteiger charge is -2.11. The zero-order valence-corrected chi connectivity index (χ0v) is 7.76. The highest BCUT2D eigenvalue weighted by atomic mass is 19.1. The summed E-state index contributed by atoms with van der Waals surface area (Å²) in [4.78, 5) is 0. The van der Waals surface area contributed by atoms with Crippen molar-refractivity contribution in [1.29, 1.82) is 0 Å². The number of methoxy groups -OCH3 is 3. The van der Waals surface area contributed by atoms with Crippen LogP contribution in [0.15, 0.2) is 12.1 Å². The molecule has 0 heterocycles. The summed E-state index contributed by atoms with van der Waals surface area (Å²) in [5.74, 6) is 0.299. The highest BCUT2D eigenvalue weighted by Gasteiger charge is 2.14. The second-order valence-electron chi connectivity index (χ2n) is 2.32. The van der Waals surface area contributed by atoms with E-state index in [2.05, 4.69) is 0 Å². The summed E-state index contributed by atoms with van der Waals surface area (Å²) in [6.07, 6.45) is 0. The van der Waals surface area contributed by atoms with Gasteiger partial charge in [-0.2, -0.15) is 0 Å². The minimum atomic E-state index is -0.472. The van der Waals surface area contributed by atoms with Crippen molar-refractivity contribution in [2.75, 3.05) is 21.3 Å². The van der Waals surface area contributed by atoms with Gasteiger partial charge in [-0.05, 0) is 12.1 Å². The van der Waals surface area contributed by atoms with Crippen molar-refractivity contribution in [3.05, 3.63) is 17.9 Å². The fourth-order valence-corrected chi connectivity index (χ4v) is 1.06. The summed E-state index contributed by atoms with van der Waals surface area (Å²) in [6, 6.07) is 2.75. The van der Waals surface area contributed by atoms with Crippen molar-refractivity contribution in [2.24, 2.45) is 0 Å². The van der Waals surface area contributed by atoms with Gasteiger partial charge in [0.2, 0.25) is 11.5 Å². The molecular weight excluding hydrogens is 175 g/mol. The monoisotopic (exact) mass is 186 g/mol. The Morgan fingerprint density at radius 1 is 0.923 bits per heavy atom. The number of benzene rings is 1. The quantitative estimate of drug-likeness (QED) is 0.721. The Kier molecular flexibility index (Phi) is 2.95. The van der Waals surface area contributed by atoms with Gasteiger partial charge in [-0.3, -0.25) is 0 Å². The number of hydrogen-bond donors (Lipinski definition) is 0. The molecule has 13 heavy (non-hydrogen) atoms. The summed E-state index contributed by atoms with van der Waals surface area (Å²) in [5.41, 5.74) is 0. The Morgan fingerprint density at radius 2 is 1.54 bits per heavy atom. The van der Waals surface area contributed by atoms with Crippen LogP contribution in [0.1, 0.15) is 0 Å². The molecule has 0 aliphatic heterocycles. The first-order valence-corrected chi connectivity index (χ1v) is 3.69. The third kappa shape index (κ3) is 1.66. The van der Waals surface area contributed by atoms with E-state index in [1.165, 1.54) is 33.5 Å². The summed E-state index contributed by atoms with van der Waals surface area (Å²) < 4.78 is 27.8. The van der Waals surface area contributed by atoms with Gasteiger partial charge in [0.05, 0.1) is 21.3 Å². The maximum absolute atomic E-state index is 13.1. The average molecular weight is 186 g/mol. The molecule has 0 atom stereocenters. The molecule has 1 aromatic rings. The molecule has 0 aliphatic carbocycles. The number of rotatable bonds is 3. The summed E-state index contributed by atoms with van der Waals surface area (Å²) in [7, 11) is 4.29. The van der Waals surface area contributed by atoms with E-state index < -0.39 is 5.82 Å². The van der Waals surface area contributed by atoms with Crippen LogP contribution in [0.2, 0.25) is 0 Å². The van der Waals surface area contributed by atoms with Crippen LogP contribution < -0.4 is 14.2 Å². The van der Waals surface area contributed by atoms with Crippen molar-refractivity contribution in [3.8, 4) is 17.2 Å². The molecule has 0 bridgehead atoms. The molecular formula is C9H11FO3. The first-order chi connectivity index (χ1) is 6.24. The lowest BCUT2D eigenvalue weighted by Crippen LogP contribution is -1.96. The van der Waals surface area contributed by atoms with E-state index in [1.54, 1.807) is 0 Å². The summed E-state index contributed by atoms with van der Waals surface area (Å²) in [5, 5.41) is 0. The lowest BCUT2D eigenvalue weighted by molar-refractivity contribution is 0.312. The van der Waals surface area contributed by atoms with E-state index in [4.69, 9.17) is 14.2 Å². The second-order valence-corrected chi connectivity index (χ2v) is 2.32. The van der Waals surface area contributed by atoms with Gasteiger partial charge in [-0.25, -0.2) is 4.39 Å². The van der Waals surface area contributed by atoms with Crippen LogP contribution in [0.5, 0.6) is 17.2 Å². The molecule has 3 nitrogen and oxygen atoms in total. The molecule has 4 heteroatoms. The lowest BCUT2D eigenvalue weighted by atomic mass is 10.3. The molecule has 0 fully saturated rings. The smallest absolute Gasteiger partial charge is 0.206 e. The largest absolute Gasteiger partial charge is 0.493 e. The molecule has 72 valence electrons. The van der Waals surface area contributed by atoms with E-state index >= 15 is 0 Å². The van der Waals surface area contributed by atoms with E-state index in [0.717, 1.165) is 0 Å². The van der Waals surface area contributed by atoms with Gasteiger partial charge in [0, 0.05) is 0 Å². The third-order valence-corrected chi connectivity index (χ3v) is 1.66. The van der Waals surface area contributed by atoms with Gasteiger partial charge in [-0.15, -0.1) is 0 Å². The van der Waals surface area contributed by atoms with Crippen LogP contribution in [0.3, 0.4) is 0 Å². The van der Waals surface area contributed by atoms with Gasteiger partial charge in [0.25, 0.3) is 0 Å². The molecule has 0 unspecified atom stereocenters. The zero-order valence-electron chi connectivity index (χ0n) is 7.76. The number of halogens is 1. The average Bonchev–Trinajstić information content (AvgIpc) is 2.17. The zero-order chi connectivity index (χ0) is 9.84. The maximum Gasteiger partial charge on any atom is 0.206 e. The van der Waals surface area contributed by atoms with Gasteiger partial charge in [0.15, 0.2) is 11.6 Å². The Balaban J connectivity index is 3.27. The molecule has 0 aromatic heterocycles. The topological polar surface area (TPSA) is 27.7 Å². The molecule has 0 saturated heterocycles. The Labute approximate surface area is 76.0 Å². The highest BCUT2D eigenvalue weighted by molar-refractivity contribution is 5.51. The van der Waals surface area contributed by atoms with Crippen molar-refractivity contribution < 1.29 is 18.6 Å². The molecule has 0 saturated carbocycles. The van der Waals surface area contributed by atoms with Gasteiger partial charge in [-0.1, -0.05) is 0 Å². The van der Waals surface area contributed by atoms with Crippen molar-refractivity contribution in [2.45, 2.75) is 0 Å². The van der Waals surface area contributed by atoms with Gasteiger partial charge < -0.3 is 14.2 Å². The van der Waals surface area contributed by atoms with Crippen molar-refractivity contribution in [1.82, 2.24) is 0 Å². The van der Waals surface area contributed by atoms with Gasteiger partial charge >= 0.3 is 0 Å². The first-order valence-electron chi connectivity index (χ1n) is 3.69. The summed E-state index contributed by atoms with van der Waals surface area (Å²) >= 11 is 0. The standard InChI is InChI=1S/C9H11FO3/c1-11-7-5-4-6(10)8(12-2)9(7)13-3/h4-5H,1-3H3. The maximum atomic E-state index is 13.1. The molecule has 1 rings (SSSR count). The molecule has 0 amide bonds. The highest BCUT2D eigenvalue weighted by Crippen LogP contribution is 2.38. The molecule has 0 spiro atoms. The minimum absolute atomic E-state index is 0.0573. The van der Waals surface area contributed by atoms with Crippen LogP contribution in [0.25, 0.3) is 0 Å². The minimum Gasteiger partial charge on any atom is -0.493 e. The van der Waals surface area contributed by atoms with Crippen LogP contribution in [0.4, 0.5) is 4.39 Å². The van der Waals surface area contributed by atoms with Crippen LogP contribution in [0, 0.1) is 5.82 Å². The van der Waals surface area contributed by atoms with E-state index in [0.29, 0.717) is 5.75 Å². The second kappa shape index (κ2) is 3.98. The fourth-order valence-electron chi connectivity index (χ4n) is 1.06. The van der Waals surface area contributed by atoms with Crippen LogP contribution in [-0.2, 0) is 0 Å². The number of ether oxygens (including phenoxy) is 3. The Morgan fingerprint density at radius 3 is 2.00 bits per heavy atom. The normalized spacial score (nSPS) is 9.54. The van der Waals surface area contributed by atoms with E-state index in [1.807, 2.05) is 0 Å². The molecule has 1 aromatic carbocycles. The Hall–Kier alpha value is -1.45. The molecule has 0 radical (unpaired) electrons. The summed E-state index contributed by atoms with van der Waals surface area (Å²) in [6.45, 7) is 0. The van der Waals surface area contributed by atoms with Crippen LogP contribution in [-0.4, -0.2) is 21.3 Å². The van der Waals surface area contributed by atoms with Crippen molar-refractivity contribution >= 4 is 0 Å².